The average molecular weight is 410 g/mol. The summed E-state index contributed by atoms with van der Waals surface area (Å²) in [6, 6.07) is 3.72. The highest BCUT2D eigenvalue weighted by molar-refractivity contribution is 6.32. The van der Waals surface area contributed by atoms with Crippen molar-refractivity contribution in [2.24, 2.45) is 0 Å². The zero-order valence-corrected chi connectivity index (χ0v) is 17.6. The van der Waals surface area contributed by atoms with Crippen LogP contribution in [-0.2, 0) is 14.3 Å². The first-order valence-electron chi connectivity index (χ1n) is 9.53. The fourth-order valence-electron chi connectivity index (χ4n) is 3.48. The van der Waals surface area contributed by atoms with Crippen LogP contribution in [0.4, 0.5) is 0 Å². The molecule has 28 heavy (non-hydrogen) atoms. The maximum atomic E-state index is 12.4. The molecule has 1 aliphatic rings. The largest absolute Gasteiger partial charge is 0.491 e. The van der Waals surface area contributed by atoms with E-state index < -0.39 is 5.97 Å². The van der Waals surface area contributed by atoms with Crippen LogP contribution >= 0.6 is 11.6 Å². The maximum absolute atomic E-state index is 12.4. The monoisotopic (exact) mass is 409 g/mol. The number of rotatable bonds is 7. The van der Waals surface area contributed by atoms with Crippen LogP contribution in [0.5, 0.6) is 11.5 Å². The van der Waals surface area contributed by atoms with Crippen LogP contribution in [0.2, 0.25) is 5.02 Å². The molecule has 0 N–H and O–H groups in total. The Labute approximate surface area is 171 Å². The van der Waals surface area contributed by atoms with Crippen molar-refractivity contribution in [3.63, 3.8) is 0 Å². The number of methoxy groups -OCH3 is 1. The van der Waals surface area contributed by atoms with Crippen molar-refractivity contribution in [2.75, 3.05) is 20.3 Å². The van der Waals surface area contributed by atoms with Gasteiger partial charge in [-0.3, -0.25) is 4.79 Å². The Morgan fingerprint density at radius 2 is 1.93 bits per heavy atom. The number of nitrogens with zero attached hydrogens (tertiary/aromatic N) is 1. The molecule has 154 valence electrons. The molecule has 0 bridgehead atoms. The molecule has 1 aliphatic heterocycles. The van der Waals surface area contributed by atoms with Crippen LogP contribution in [0.3, 0.4) is 0 Å². The molecule has 0 saturated carbocycles. The van der Waals surface area contributed by atoms with Gasteiger partial charge in [-0.15, -0.1) is 0 Å². The lowest BCUT2D eigenvalue weighted by atomic mass is 9.97. The number of amides is 1. The lowest BCUT2D eigenvalue weighted by Gasteiger charge is -2.38. The van der Waals surface area contributed by atoms with Gasteiger partial charge in [-0.1, -0.05) is 11.6 Å². The second-order valence-corrected chi connectivity index (χ2v) is 7.25. The van der Waals surface area contributed by atoms with E-state index in [-0.39, 0.29) is 24.6 Å². The van der Waals surface area contributed by atoms with E-state index in [4.69, 9.17) is 25.8 Å². The van der Waals surface area contributed by atoms with Crippen molar-refractivity contribution in [2.45, 2.75) is 52.1 Å². The van der Waals surface area contributed by atoms with E-state index in [1.807, 2.05) is 25.7 Å². The van der Waals surface area contributed by atoms with Gasteiger partial charge in [-0.25, -0.2) is 4.79 Å². The number of benzene rings is 1. The van der Waals surface area contributed by atoms with Crippen LogP contribution in [0.25, 0.3) is 6.08 Å². The second kappa shape index (κ2) is 10.4. The van der Waals surface area contributed by atoms with E-state index in [1.165, 1.54) is 13.2 Å². The molecule has 6 nitrogen and oxygen atoms in total. The Balaban J connectivity index is 1.97. The van der Waals surface area contributed by atoms with Gasteiger partial charge in [-0.05, 0) is 63.8 Å². The van der Waals surface area contributed by atoms with E-state index in [0.29, 0.717) is 28.7 Å². The molecule has 2 rings (SSSR count). The van der Waals surface area contributed by atoms with Gasteiger partial charge in [0.1, 0.15) is 0 Å². The minimum atomic E-state index is -0.587. The van der Waals surface area contributed by atoms with Crippen LogP contribution in [-0.4, -0.2) is 49.2 Å². The van der Waals surface area contributed by atoms with Crippen LogP contribution in [0, 0.1) is 0 Å². The molecule has 1 amide bonds. The summed E-state index contributed by atoms with van der Waals surface area (Å²) in [5, 5.41) is 0.379. The SMILES string of the molecule is CCOc1cc(/C=C/C(=O)OCC(=O)N2[C@@H](C)CCC[C@@H]2C)cc(Cl)c1OC. The molecule has 1 aromatic carbocycles. The Morgan fingerprint density at radius 1 is 1.25 bits per heavy atom. The number of hydrogen-bond donors (Lipinski definition) is 0. The van der Waals surface area contributed by atoms with E-state index in [0.717, 1.165) is 19.3 Å². The summed E-state index contributed by atoms with van der Waals surface area (Å²) < 4.78 is 15.9. The number of halogens is 1. The van der Waals surface area contributed by atoms with Gasteiger partial charge in [0.15, 0.2) is 18.1 Å². The molecule has 0 aromatic heterocycles. The molecule has 1 aromatic rings. The van der Waals surface area contributed by atoms with Crippen molar-refractivity contribution in [3.8, 4) is 11.5 Å². The predicted molar refractivity (Wildman–Crippen MR) is 109 cm³/mol. The molecule has 0 aliphatic carbocycles. The van der Waals surface area contributed by atoms with Crippen molar-refractivity contribution < 1.29 is 23.8 Å². The minimum absolute atomic E-state index is 0.160. The van der Waals surface area contributed by atoms with Crippen molar-refractivity contribution in [3.05, 3.63) is 28.8 Å². The van der Waals surface area contributed by atoms with Crippen molar-refractivity contribution >= 4 is 29.6 Å². The lowest BCUT2D eigenvalue weighted by molar-refractivity contribution is -0.151. The number of likely N-dealkylation sites (tertiary alicyclic amines) is 1. The van der Waals surface area contributed by atoms with Gasteiger partial charge in [0.25, 0.3) is 5.91 Å². The second-order valence-electron chi connectivity index (χ2n) is 6.84. The molecule has 1 saturated heterocycles. The summed E-state index contributed by atoms with van der Waals surface area (Å²) in [6.07, 6.45) is 5.90. The third-order valence-corrected chi connectivity index (χ3v) is 5.05. The fourth-order valence-corrected chi connectivity index (χ4v) is 3.77. The molecule has 0 unspecified atom stereocenters. The third-order valence-electron chi connectivity index (χ3n) is 4.77. The van der Waals surface area contributed by atoms with E-state index >= 15 is 0 Å². The Morgan fingerprint density at radius 3 is 2.54 bits per heavy atom. The van der Waals surface area contributed by atoms with Crippen LogP contribution < -0.4 is 9.47 Å². The Kier molecular flexibility index (Phi) is 8.18. The first-order valence-corrected chi connectivity index (χ1v) is 9.91. The topological polar surface area (TPSA) is 65.1 Å². The molecule has 7 heteroatoms. The smallest absolute Gasteiger partial charge is 0.331 e. The molecular formula is C21H28ClNO5. The summed E-state index contributed by atoms with van der Waals surface area (Å²) in [5.74, 6) is 0.190. The molecule has 2 atom stereocenters. The van der Waals surface area contributed by atoms with Gasteiger partial charge in [0.2, 0.25) is 0 Å². The number of ether oxygens (including phenoxy) is 3. The van der Waals surface area contributed by atoms with Gasteiger partial charge in [-0.2, -0.15) is 0 Å². The first kappa shape index (κ1) is 22.1. The number of piperidine rings is 1. The van der Waals surface area contributed by atoms with Gasteiger partial charge in [0.05, 0.1) is 18.7 Å². The fraction of sp³-hybridized carbons (Fsp3) is 0.524. The number of esters is 1. The zero-order valence-electron chi connectivity index (χ0n) is 16.9. The number of carbonyl (C=O) groups is 2. The standard InChI is InChI=1S/C21H28ClNO5/c1-5-27-18-12-16(11-17(22)21(18)26-4)9-10-20(25)28-13-19(24)23-14(2)7-6-8-15(23)3/h9-12,14-15H,5-8,13H2,1-4H3/b10-9+/t14-,15-/m0/s1. The van der Waals surface area contributed by atoms with E-state index in [2.05, 4.69) is 0 Å². The van der Waals surface area contributed by atoms with Gasteiger partial charge in [0, 0.05) is 18.2 Å². The third kappa shape index (κ3) is 5.64. The Bertz CT molecular complexity index is 724. The van der Waals surface area contributed by atoms with Crippen molar-refractivity contribution in [1.82, 2.24) is 4.90 Å². The van der Waals surface area contributed by atoms with Gasteiger partial charge >= 0.3 is 5.97 Å². The summed E-state index contributed by atoms with van der Waals surface area (Å²) in [5.41, 5.74) is 0.663. The maximum Gasteiger partial charge on any atom is 0.331 e. The molecule has 1 fully saturated rings. The number of carbonyl (C=O) groups excluding carboxylic acids is 2. The highest BCUT2D eigenvalue weighted by atomic mass is 35.5. The summed E-state index contributed by atoms with van der Waals surface area (Å²) in [7, 11) is 1.51. The highest BCUT2D eigenvalue weighted by Gasteiger charge is 2.29. The van der Waals surface area contributed by atoms with Gasteiger partial charge < -0.3 is 19.1 Å². The first-order chi connectivity index (χ1) is 13.4. The predicted octanol–water partition coefficient (Wildman–Crippen LogP) is 4.09. The molecule has 0 spiro atoms. The molecular weight excluding hydrogens is 382 g/mol. The van der Waals surface area contributed by atoms with Crippen LogP contribution in [0.15, 0.2) is 18.2 Å². The normalized spacial score (nSPS) is 19.5. The number of hydrogen-bond acceptors (Lipinski definition) is 5. The van der Waals surface area contributed by atoms with Crippen molar-refractivity contribution in [1.29, 1.82) is 0 Å². The summed E-state index contributed by atoms with van der Waals surface area (Å²) >= 11 is 6.20. The highest BCUT2D eigenvalue weighted by Crippen LogP contribution is 2.36. The van der Waals surface area contributed by atoms with Crippen LogP contribution in [0.1, 0.15) is 45.6 Å². The van der Waals surface area contributed by atoms with E-state index in [1.54, 1.807) is 18.2 Å². The van der Waals surface area contributed by atoms with E-state index in [9.17, 15) is 9.59 Å². The average Bonchev–Trinajstić information content (AvgIpc) is 2.64. The summed E-state index contributed by atoms with van der Waals surface area (Å²) in [4.78, 5) is 26.2. The minimum Gasteiger partial charge on any atom is -0.491 e. The summed E-state index contributed by atoms with van der Waals surface area (Å²) in [6.45, 7) is 6.11. The molecule has 1 heterocycles. The zero-order chi connectivity index (χ0) is 20.7. The quantitative estimate of drug-likeness (QED) is 0.501. The molecule has 0 radical (unpaired) electrons. The Hall–Kier alpha value is -2.21. The lowest BCUT2D eigenvalue weighted by Crippen LogP contribution is -2.49.